The summed E-state index contributed by atoms with van der Waals surface area (Å²) in [6.07, 6.45) is 1.06. The van der Waals surface area contributed by atoms with Crippen LogP contribution in [-0.4, -0.2) is 23.8 Å². The number of Topliss-reactive ketones (excluding diaryl/α,β-unsaturated/α-hetero) is 1. The third-order valence-electron chi connectivity index (χ3n) is 4.47. The normalized spacial score (nSPS) is 15.2. The number of benzene rings is 2. The lowest BCUT2D eigenvalue weighted by Gasteiger charge is -2.32. The molecular formula is C18H16F2N2O3. The van der Waals surface area contributed by atoms with Crippen LogP contribution in [0.3, 0.4) is 0 Å². The van der Waals surface area contributed by atoms with Crippen LogP contribution in [-0.2, 0) is 0 Å². The number of ketones is 1. The number of hydrogen-bond donors (Lipinski definition) is 0. The average molecular weight is 346 g/mol. The molecule has 2 aromatic carbocycles. The van der Waals surface area contributed by atoms with Crippen molar-refractivity contribution in [3.63, 3.8) is 0 Å². The fourth-order valence-corrected chi connectivity index (χ4v) is 3.14. The van der Waals surface area contributed by atoms with E-state index in [9.17, 15) is 23.7 Å². The van der Waals surface area contributed by atoms with Crippen LogP contribution in [0.5, 0.6) is 0 Å². The molecule has 0 radical (unpaired) electrons. The molecule has 3 rings (SSSR count). The van der Waals surface area contributed by atoms with Crippen molar-refractivity contribution < 1.29 is 18.5 Å². The van der Waals surface area contributed by atoms with E-state index in [0.717, 1.165) is 6.07 Å². The molecule has 1 aliphatic rings. The van der Waals surface area contributed by atoms with Gasteiger partial charge in [-0.15, -0.1) is 0 Å². The zero-order valence-corrected chi connectivity index (χ0v) is 13.3. The highest BCUT2D eigenvalue weighted by Crippen LogP contribution is 2.32. The number of carbonyl (C=O) groups is 1. The quantitative estimate of drug-likeness (QED) is 0.477. The molecule has 1 saturated heterocycles. The summed E-state index contributed by atoms with van der Waals surface area (Å²) in [7, 11) is 0. The molecule has 0 unspecified atom stereocenters. The summed E-state index contributed by atoms with van der Waals surface area (Å²) in [6, 6.07) is 8.94. The molecule has 2 aromatic rings. The van der Waals surface area contributed by atoms with Crippen LogP contribution >= 0.6 is 0 Å². The molecule has 0 aromatic heterocycles. The predicted molar refractivity (Wildman–Crippen MR) is 88.7 cm³/mol. The summed E-state index contributed by atoms with van der Waals surface area (Å²) in [4.78, 5) is 24.8. The van der Waals surface area contributed by atoms with E-state index in [4.69, 9.17) is 0 Å². The van der Waals surface area contributed by atoms with E-state index >= 15 is 0 Å². The van der Waals surface area contributed by atoms with Gasteiger partial charge in [0.2, 0.25) is 0 Å². The lowest BCUT2D eigenvalue weighted by molar-refractivity contribution is -0.384. The Morgan fingerprint density at radius 3 is 2.24 bits per heavy atom. The molecular weight excluding hydrogens is 330 g/mol. The van der Waals surface area contributed by atoms with E-state index in [0.29, 0.717) is 37.2 Å². The summed E-state index contributed by atoms with van der Waals surface area (Å²) in [6.45, 7) is 0.925. The lowest BCUT2D eigenvalue weighted by Crippen LogP contribution is -2.36. The number of carbonyl (C=O) groups excluding carboxylic acids is 1. The number of anilines is 1. The number of nitro groups is 1. The summed E-state index contributed by atoms with van der Waals surface area (Å²) >= 11 is 0. The molecule has 0 bridgehead atoms. The SMILES string of the molecule is O=C(c1ccc(F)cc1)C1CCN(c2ccc(F)cc2[N+](=O)[O-])CC1. The van der Waals surface area contributed by atoms with Gasteiger partial charge in [0.05, 0.1) is 11.0 Å². The second-order valence-corrected chi connectivity index (χ2v) is 6.02. The zero-order chi connectivity index (χ0) is 18.0. The van der Waals surface area contributed by atoms with Crippen LogP contribution < -0.4 is 4.90 Å². The molecule has 0 atom stereocenters. The van der Waals surface area contributed by atoms with Crippen LogP contribution in [0.15, 0.2) is 42.5 Å². The van der Waals surface area contributed by atoms with E-state index in [1.165, 1.54) is 36.4 Å². The maximum atomic E-state index is 13.3. The van der Waals surface area contributed by atoms with Gasteiger partial charge in [-0.05, 0) is 49.2 Å². The molecule has 1 fully saturated rings. The van der Waals surface area contributed by atoms with E-state index in [2.05, 4.69) is 0 Å². The second kappa shape index (κ2) is 6.96. The van der Waals surface area contributed by atoms with Crippen molar-refractivity contribution >= 4 is 17.2 Å². The first-order valence-electron chi connectivity index (χ1n) is 7.94. The fourth-order valence-electron chi connectivity index (χ4n) is 3.14. The minimum Gasteiger partial charge on any atom is -0.366 e. The zero-order valence-electron chi connectivity index (χ0n) is 13.3. The molecule has 1 aliphatic heterocycles. The first kappa shape index (κ1) is 17.0. The van der Waals surface area contributed by atoms with Crippen molar-refractivity contribution in [2.45, 2.75) is 12.8 Å². The van der Waals surface area contributed by atoms with E-state index < -0.39 is 16.6 Å². The number of hydrogen-bond acceptors (Lipinski definition) is 4. The molecule has 0 spiro atoms. The Labute approximate surface area is 143 Å². The van der Waals surface area contributed by atoms with Crippen molar-refractivity contribution in [1.82, 2.24) is 0 Å². The monoisotopic (exact) mass is 346 g/mol. The Morgan fingerprint density at radius 1 is 1.04 bits per heavy atom. The summed E-state index contributed by atoms with van der Waals surface area (Å²) < 4.78 is 26.2. The van der Waals surface area contributed by atoms with Crippen molar-refractivity contribution in [1.29, 1.82) is 0 Å². The molecule has 5 nitrogen and oxygen atoms in total. The van der Waals surface area contributed by atoms with Gasteiger partial charge in [0.1, 0.15) is 17.3 Å². The molecule has 0 aliphatic carbocycles. The Morgan fingerprint density at radius 2 is 1.64 bits per heavy atom. The maximum Gasteiger partial charge on any atom is 0.295 e. The van der Waals surface area contributed by atoms with Crippen molar-refractivity contribution in [3.8, 4) is 0 Å². The minimum atomic E-state index is -0.656. The highest BCUT2D eigenvalue weighted by atomic mass is 19.1. The van der Waals surface area contributed by atoms with Gasteiger partial charge in [-0.2, -0.15) is 0 Å². The molecule has 0 N–H and O–H groups in total. The Bertz CT molecular complexity index is 800. The Hall–Kier alpha value is -2.83. The van der Waals surface area contributed by atoms with Crippen molar-refractivity contribution in [2.24, 2.45) is 5.92 Å². The smallest absolute Gasteiger partial charge is 0.295 e. The van der Waals surface area contributed by atoms with Crippen LogP contribution in [0.25, 0.3) is 0 Å². The van der Waals surface area contributed by atoms with Gasteiger partial charge in [-0.25, -0.2) is 8.78 Å². The Kier molecular flexibility index (Phi) is 4.74. The highest BCUT2D eigenvalue weighted by Gasteiger charge is 2.29. The number of halogens is 2. The third-order valence-corrected chi connectivity index (χ3v) is 4.47. The second-order valence-electron chi connectivity index (χ2n) is 6.02. The number of nitrogens with zero attached hydrogens (tertiary/aromatic N) is 2. The number of piperidine rings is 1. The average Bonchev–Trinajstić information content (AvgIpc) is 2.62. The molecule has 25 heavy (non-hydrogen) atoms. The fraction of sp³-hybridized carbons (Fsp3) is 0.278. The van der Waals surface area contributed by atoms with Gasteiger partial charge in [-0.3, -0.25) is 14.9 Å². The van der Waals surface area contributed by atoms with Crippen molar-refractivity contribution in [2.75, 3.05) is 18.0 Å². The van der Waals surface area contributed by atoms with Gasteiger partial charge < -0.3 is 4.90 Å². The first-order valence-corrected chi connectivity index (χ1v) is 7.94. The van der Waals surface area contributed by atoms with Gasteiger partial charge in [-0.1, -0.05) is 0 Å². The molecule has 0 saturated carbocycles. The van der Waals surface area contributed by atoms with Gasteiger partial charge in [0, 0.05) is 24.6 Å². The molecule has 7 heteroatoms. The lowest BCUT2D eigenvalue weighted by atomic mass is 9.88. The largest absolute Gasteiger partial charge is 0.366 e. The summed E-state index contributed by atoms with van der Waals surface area (Å²) in [5, 5.41) is 11.1. The molecule has 1 heterocycles. The van der Waals surface area contributed by atoms with Crippen LogP contribution in [0.2, 0.25) is 0 Å². The van der Waals surface area contributed by atoms with Gasteiger partial charge in [0.25, 0.3) is 5.69 Å². The Balaban J connectivity index is 1.71. The highest BCUT2D eigenvalue weighted by molar-refractivity contribution is 5.98. The summed E-state index contributed by atoms with van der Waals surface area (Å²) in [5.74, 6) is -1.30. The first-order chi connectivity index (χ1) is 12.0. The standard InChI is InChI=1S/C18H16F2N2O3/c19-14-3-1-12(2-4-14)18(23)13-7-9-21(10-8-13)16-6-5-15(20)11-17(16)22(24)25/h1-6,11,13H,7-10H2. The third kappa shape index (κ3) is 3.65. The van der Waals surface area contributed by atoms with E-state index in [1.54, 1.807) is 4.90 Å². The van der Waals surface area contributed by atoms with Crippen LogP contribution in [0.4, 0.5) is 20.2 Å². The van der Waals surface area contributed by atoms with Crippen LogP contribution in [0.1, 0.15) is 23.2 Å². The van der Waals surface area contributed by atoms with Crippen molar-refractivity contribution in [3.05, 3.63) is 69.8 Å². The van der Waals surface area contributed by atoms with Crippen LogP contribution in [0, 0.1) is 27.7 Å². The van der Waals surface area contributed by atoms with E-state index in [-0.39, 0.29) is 17.4 Å². The molecule has 130 valence electrons. The maximum absolute atomic E-state index is 13.3. The van der Waals surface area contributed by atoms with Gasteiger partial charge >= 0.3 is 0 Å². The predicted octanol–water partition coefficient (Wildman–Crippen LogP) is 3.97. The molecule has 0 amide bonds. The summed E-state index contributed by atoms with van der Waals surface area (Å²) in [5.41, 5.74) is 0.551. The minimum absolute atomic E-state index is 0.0479. The topological polar surface area (TPSA) is 63.5 Å². The number of nitro benzene ring substituents is 1. The van der Waals surface area contributed by atoms with E-state index in [1.807, 2.05) is 0 Å². The van der Waals surface area contributed by atoms with Gasteiger partial charge in [0.15, 0.2) is 5.78 Å². The number of rotatable bonds is 4.